The van der Waals surface area contributed by atoms with E-state index < -0.39 is 0 Å². The van der Waals surface area contributed by atoms with Crippen molar-refractivity contribution in [3.63, 3.8) is 0 Å². The van der Waals surface area contributed by atoms with Crippen LogP contribution in [0.5, 0.6) is 5.75 Å². The van der Waals surface area contributed by atoms with Crippen LogP contribution in [0.2, 0.25) is 0 Å². The topological polar surface area (TPSA) is 45.0 Å². The summed E-state index contributed by atoms with van der Waals surface area (Å²) in [6, 6.07) is 7.92. The van der Waals surface area contributed by atoms with Gasteiger partial charge in [0, 0.05) is 6.42 Å². The highest BCUT2D eigenvalue weighted by molar-refractivity contribution is 5.41. The number of ether oxygens (including phenoxy) is 1. The van der Waals surface area contributed by atoms with Crippen molar-refractivity contribution in [3.8, 4) is 11.8 Å². The molecule has 0 fully saturated rings. The highest BCUT2D eigenvalue weighted by atomic mass is 16.5. The fraction of sp³-hybridized carbons (Fsp3) is 0.364. The molecule has 1 aliphatic rings. The second-order valence-corrected chi connectivity index (χ2v) is 3.32. The van der Waals surface area contributed by atoms with Crippen LogP contribution in [0.1, 0.15) is 17.2 Å². The Morgan fingerprint density at radius 3 is 3.14 bits per heavy atom. The maximum Gasteiger partial charge on any atom is 0.122 e. The molecule has 0 aliphatic carbocycles. The van der Waals surface area contributed by atoms with Gasteiger partial charge < -0.3 is 10.1 Å². The van der Waals surface area contributed by atoms with E-state index in [4.69, 9.17) is 10.00 Å². The monoisotopic (exact) mass is 188 g/mol. The predicted molar refractivity (Wildman–Crippen MR) is 53.1 cm³/mol. The molecule has 1 heterocycles. The molecule has 0 amide bonds. The average molecular weight is 188 g/mol. The molecular weight excluding hydrogens is 176 g/mol. The van der Waals surface area contributed by atoms with E-state index in [1.54, 1.807) is 7.05 Å². The van der Waals surface area contributed by atoms with Crippen LogP contribution < -0.4 is 10.1 Å². The number of hydrogen-bond donors (Lipinski definition) is 1. The molecule has 1 N–H and O–H groups in total. The minimum atomic E-state index is -0.221. The Kier molecular flexibility index (Phi) is 2.38. The van der Waals surface area contributed by atoms with E-state index in [0.29, 0.717) is 0 Å². The van der Waals surface area contributed by atoms with Gasteiger partial charge in [-0.2, -0.15) is 5.26 Å². The fourth-order valence-electron chi connectivity index (χ4n) is 1.69. The van der Waals surface area contributed by atoms with Crippen LogP contribution in [0.3, 0.4) is 0 Å². The van der Waals surface area contributed by atoms with Crippen LogP contribution in [-0.4, -0.2) is 13.7 Å². The first-order valence-corrected chi connectivity index (χ1v) is 4.67. The summed E-state index contributed by atoms with van der Waals surface area (Å²) in [7, 11) is 1.79. The number of rotatable bonds is 2. The van der Waals surface area contributed by atoms with E-state index in [1.165, 1.54) is 5.56 Å². The normalized spacial score (nSPS) is 15.4. The van der Waals surface area contributed by atoms with Crippen LogP contribution >= 0.6 is 0 Å². The van der Waals surface area contributed by atoms with Gasteiger partial charge in [0.2, 0.25) is 0 Å². The van der Waals surface area contributed by atoms with Gasteiger partial charge in [-0.15, -0.1) is 0 Å². The van der Waals surface area contributed by atoms with Gasteiger partial charge in [0.15, 0.2) is 0 Å². The predicted octanol–water partition coefficient (Wildman–Crippen LogP) is 1.41. The van der Waals surface area contributed by atoms with Gasteiger partial charge in [-0.3, -0.25) is 0 Å². The quantitative estimate of drug-likeness (QED) is 0.763. The van der Waals surface area contributed by atoms with Crippen molar-refractivity contribution in [2.24, 2.45) is 0 Å². The van der Waals surface area contributed by atoms with E-state index in [-0.39, 0.29) is 6.04 Å². The highest BCUT2D eigenvalue weighted by Gasteiger charge is 2.15. The first kappa shape index (κ1) is 9.04. The Labute approximate surface area is 83.3 Å². The first-order valence-electron chi connectivity index (χ1n) is 4.67. The molecule has 1 unspecified atom stereocenters. The molecule has 3 heteroatoms. The Bertz CT molecular complexity index is 381. The molecule has 0 spiro atoms. The summed E-state index contributed by atoms with van der Waals surface area (Å²) in [5, 5.41) is 11.8. The van der Waals surface area contributed by atoms with Crippen molar-refractivity contribution < 1.29 is 4.74 Å². The van der Waals surface area contributed by atoms with Gasteiger partial charge in [-0.05, 0) is 30.3 Å². The third kappa shape index (κ3) is 1.45. The van der Waals surface area contributed by atoms with E-state index in [9.17, 15) is 0 Å². The zero-order valence-electron chi connectivity index (χ0n) is 8.08. The van der Waals surface area contributed by atoms with Crippen LogP contribution in [-0.2, 0) is 6.42 Å². The molecule has 1 atom stereocenters. The lowest BCUT2D eigenvalue weighted by atomic mass is 10.0. The molecule has 3 nitrogen and oxygen atoms in total. The second kappa shape index (κ2) is 3.69. The van der Waals surface area contributed by atoms with Gasteiger partial charge in [0.05, 0.1) is 12.7 Å². The minimum absolute atomic E-state index is 0.221. The lowest BCUT2D eigenvalue weighted by Crippen LogP contribution is -2.14. The Hall–Kier alpha value is -1.53. The molecule has 14 heavy (non-hydrogen) atoms. The highest BCUT2D eigenvalue weighted by Crippen LogP contribution is 2.27. The number of benzene rings is 1. The maximum atomic E-state index is 8.88. The van der Waals surface area contributed by atoms with Crippen LogP contribution in [0, 0.1) is 11.3 Å². The van der Waals surface area contributed by atoms with Crippen molar-refractivity contribution >= 4 is 0 Å². The fourth-order valence-corrected chi connectivity index (χ4v) is 1.69. The second-order valence-electron chi connectivity index (χ2n) is 3.32. The van der Waals surface area contributed by atoms with E-state index in [2.05, 4.69) is 11.4 Å². The molecule has 0 bridgehead atoms. The number of nitrogens with one attached hydrogen (secondary N) is 1. The summed E-state index contributed by atoms with van der Waals surface area (Å²) in [4.78, 5) is 0. The summed E-state index contributed by atoms with van der Waals surface area (Å²) >= 11 is 0. The standard InChI is InChI=1S/C11H12N2O/c1-13-10(7-12)8-2-3-11-9(6-8)4-5-14-11/h2-3,6,10,13H,4-5H2,1H3. The minimum Gasteiger partial charge on any atom is -0.493 e. The van der Waals surface area contributed by atoms with Crippen LogP contribution in [0.4, 0.5) is 0 Å². The Morgan fingerprint density at radius 1 is 1.57 bits per heavy atom. The third-order valence-electron chi connectivity index (χ3n) is 2.46. The summed E-state index contributed by atoms with van der Waals surface area (Å²) < 4.78 is 5.40. The van der Waals surface area contributed by atoms with E-state index >= 15 is 0 Å². The molecule has 1 aliphatic heterocycles. The number of nitriles is 1. The number of fused-ring (bicyclic) bond motifs is 1. The summed E-state index contributed by atoms with van der Waals surface area (Å²) in [5.74, 6) is 0.960. The van der Waals surface area contributed by atoms with Gasteiger partial charge >= 0.3 is 0 Å². The molecule has 0 saturated carbocycles. The van der Waals surface area contributed by atoms with Gasteiger partial charge in [-0.25, -0.2) is 0 Å². The number of nitrogens with zero attached hydrogens (tertiary/aromatic N) is 1. The SMILES string of the molecule is CNC(C#N)c1ccc2c(c1)CCO2. The molecule has 0 aromatic heterocycles. The van der Waals surface area contributed by atoms with Crippen molar-refractivity contribution in [2.75, 3.05) is 13.7 Å². The van der Waals surface area contributed by atoms with Crippen LogP contribution in [0.15, 0.2) is 18.2 Å². The average Bonchev–Trinajstić information content (AvgIpc) is 2.66. The Balaban J connectivity index is 2.33. The smallest absolute Gasteiger partial charge is 0.122 e. The molecule has 0 radical (unpaired) electrons. The van der Waals surface area contributed by atoms with Crippen molar-refractivity contribution in [2.45, 2.75) is 12.5 Å². The lowest BCUT2D eigenvalue weighted by molar-refractivity contribution is 0.357. The van der Waals surface area contributed by atoms with Gasteiger partial charge in [0.25, 0.3) is 0 Å². The summed E-state index contributed by atoms with van der Waals surface area (Å²) in [5.41, 5.74) is 2.22. The zero-order valence-corrected chi connectivity index (χ0v) is 8.08. The molecule has 1 aromatic carbocycles. The third-order valence-corrected chi connectivity index (χ3v) is 2.46. The number of hydrogen-bond acceptors (Lipinski definition) is 3. The Morgan fingerprint density at radius 2 is 2.43 bits per heavy atom. The zero-order chi connectivity index (χ0) is 9.97. The van der Waals surface area contributed by atoms with E-state index in [1.807, 2.05) is 18.2 Å². The molecule has 2 rings (SSSR count). The van der Waals surface area contributed by atoms with Gasteiger partial charge in [0.1, 0.15) is 11.8 Å². The largest absolute Gasteiger partial charge is 0.493 e. The lowest BCUT2D eigenvalue weighted by Gasteiger charge is -2.08. The van der Waals surface area contributed by atoms with Gasteiger partial charge in [-0.1, -0.05) is 6.07 Å². The summed E-state index contributed by atoms with van der Waals surface area (Å²) in [6.45, 7) is 0.759. The van der Waals surface area contributed by atoms with Crippen molar-refractivity contribution in [3.05, 3.63) is 29.3 Å². The molecule has 72 valence electrons. The molecule has 1 aromatic rings. The molecule has 0 saturated heterocycles. The van der Waals surface area contributed by atoms with Crippen molar-refractivity contribution in [1.29, 1.82) is 5.26 Å². The van der Waals surface area contributed by atoms with Crippen molar-refractivity contribution in [1.82, 2.24) is 5.32 Å². The van der Waals surface area contributed by atoms with E-state index in [0.717, 1.165) is 24.3 Å². The molecular formula is C11H12N2O. The maximum absolute atomic E-state index is 8.88. The summed E-state index contributed by atoms with van der Waals surface area (Å²) in [6.07, 6.45) is 0.949. The first-order chi connectivity index (χ1) is 6.85. The van der Waals surface area contributed by atoms with Crippen LogP contribution in [0.25, 0.3) is 0 Å².